The second kappa shape index (κ2) is 24.0. The Balaban J connectivity index is 0.000000246. The quantitative estimate of drug-likeness (QED) is 0.0726. The highest BCUT2D eigenvalue weighted by molar-refractivity contribution is 7.90. The van der Waals surface area contributed by atoms with Crippen molar-refractivity contribution in [2.24, 2.45) is 5.14 Å². The first-order chi connectivity index (χ1) is 31.6. The third-order valence-electron chi connectivity index (χ3n) is 9.95. The Labute approximate surface area is 393 Å². The number of carbonyl (C=O) groups excluding carboxylic acids is 2. The molecule has 6 rings (SSSR count). The Morgan fingerprint density at radius 3 is 1.51 bits per heavy atom. The lowest BCUT2D eigenvalue weighted by Crippen LogP contribution is -2.32. The minimum atomic E-state index is -4.16. The minimum absolute atomic E-state index is 0.0223. The van der Waals surface area contributed by atoms with Crippen molar-refractivity contribution in [3.63, 3.8) is 0 Å². The number of methoxy groups -OCH3 is 2. The summed E-state index contributed by atoms with van der Waals surface area (Å²) in [7, 11) is -4.83. The van der Waals surface area contributed by atoms with Crippen LogP contribution in [-0.2, 0) is 55.7 Å². The molecule has 0 bridgehead atoms. The highest BCUT2D eigenvalue weighted by atomic mass is 35.5. The van der Waals surface area contributed by atoms with Gasteiger partial charge in [-0.15, -0.1) is 0 Å². The molecule has 5 N–H and O–H groups in total. The number of rotatable bonds is 15. The van der Waals surface area contributed by atoms with Gasteiger partial charge < -0.3 is 19.7 Å². The number of hydrogen-bond acceptors (Lipinski definition) is 12. The van der Waals surface area contributed by atoms with Crippen molar-refractivity contribution in [1.82, 2.24) is 14.7 Å². The van der Waals surface area contributed by atoms with Gasteiger partial charge in [0.15, 0.2) is 0 Å². The molecule has 0 atom stereocenters. The summed E-state index contributed by atoms with van der Waals surface area (Å²) in [5, 5.41) is 22.3. The van der Waals surface area contributed by atoms with Crippen LogP contribution in [0.1, 0.15) is 72.9 Å². The molecule has 67 heavy (non-hydrogen) atoms. The molecule has 0 aliphatic rings. The highest BCUT2D eigenvalue weighted by Crippen LogP contribution is 2.35. The number of carbonyl (C=O) groups is 2. The summed E-state index contributed by atoms with van der Waals surface area (Å²) in [5.41, 5.74) is 5.97. The molecule has 0 saturated heterocycles. The van der Waals surface area contributed by atoms with E-state index in [0.717, 1.165) is 16.7 Å². The van der Waals surface area contributed by atoms with E-state index in [9.17, 15) is 40.3 Å². The average Bonchev–Trinajstić information content (AvgIpc) is 3.29. The molecule has 2 heterocycles. The molecular weight excluding hydrogens is 930 g/mol. The Hall–Kier alpha value is -6.15. The van der Waals surface area contributed by atoms with Gasteiger partial charge in [0, 0.05) is 30.9 Å². The second-order valence-electron chi connectivity index (χ2n) is 15.4. The minimum Gasteiger partial charge on any atom is -0.481 e. The number of amides is 1. The summed E-state index contributed by atoms with van der Waals surface area (Å²) >= 11 is 5.58. The van der Waals surface area contributed by atoms with Gasteiger partial charge in [-0.05, 0) is 140 Å². The third kappa shape index (κ3) is 15.2. The molecule has 0 aliphatic carbocycles. The third-order valence-corrected chi connectivity index (χ3v) is 12.4. The fourth-order valence-electron chi connectivity index (χ4n) is 6.81. The van der Waals surface area contributed by atoms with Crippen molar-refractivity contribution in [1.29, 1.82) is 0 Å². The molecule has 1 amide bonds. The molecule has 19 heteroatoms. The molecule has 0 saturated carbocycles. The van der Waals surface area contributed by atoms with E-state index >= 15 is 0 Å². The summed E-state index contributed by atoms with van der Waals surface area (Å²) in [6.45, 7) is 7.11. The van der Waals surface area contributed by atoms with Crippen molar-refractivity contribution >= 4 is 42.8 Å². The monoisotopic (exact) mass is 980 g/mol. The van der Waals surface area contributed by atoms with E-state index in [1.165, 1.54) is 81.1 Å². The fourth-order valence-corrected chi connectivity index (χ4v) is 8.58. The Morgan fingerprint density at radius 1 is 0.672 bits per heavy atom. The van der Waals surface area contributed by atoms with Gasteiger partial charge in [-0.1, -0.05) is 52.0 Å². The van der Waals surface area contributed by atoms with E-state index in [2.05, 4.69) is 14.7 Å². The van der Waals surface area contributed by atoms with Gasteiger partial charge >= 0.3 is 0 Å². The number of aliphatic hydroxyl groups is 2. The molecule has 0 radical (unpaired) electrons. The number of nitrogens with zero attached hydrogens (tertiary/aromatic N) is 2. The molecule has 6 aromatic rings. The number of ether oxygens (including phenoxy) is 2. The lowest BCUT2D eigenvalue weighted by atomic mass is 9.88. The van der Waals surface area contributed by atoms with Gasteiger partial charge in [-0.2, -0.15) is 0 Å². The lowest BCUT2D eigenvalue weighted by Gasteiger charge is -2.18. The summed E-state index contributed by atoms with van der Waals surface area (Å²) < 4.78 is 87.8. The van der Waals surface area contributed by atoms with Crippen LogP contribution in [0, 0.1) is 11.6 Å². The molecular formula is C48H51ClF2N4O10S2. The predicted octanol–water partition coefficient (Wildman–Crippen LogP) is 7.71. The van der Waals surface area contributed by atoms with Gasteiger partial charge in [0.1, 0.15) is 11.6 Å². The Morgan fingerprint density at radius 2 is 1.10 bits per heavy atom. The normalized spacial score (nSPS) is 11.3. The van der Waals surface area contributed by atoms with Crippen LogP contribution >= 0.6 is 11.6 Å². The van der Waals surface area contributed by atoms with E-state index in [1.807, 2.05) is 27.7 Å². The van der Waals surface area contributed by atoms with Crippen LogP contribution in [0.25, 0.3) is 22.3 Å². The molecule has 0 fully saturated rings. The zero-order chi connectivity index (χ0) is 49.6. The number of nitrogens with one attached hydrogen (secondary N) is 1. The molecule has 0 spiro atoms. The Bertz CT molecular complexity index is 2940. The maximum Gasteiger partial charge on any atom is 0.264 e. The van der Waals surface area contributed by atoms with E-state index in [-0.39, 0.29) is 53.5 Å². The van der Waals surface area contributed by atoms with Crippen molar-refractivity contribution < 1.29 is 54.9 Å². The van der Waals surface area contributed by atoms with Crippen LogP contribution in [0.15, 0.2) is 119 Å². The summed E-state index contributed by atoms with van der Waals surface area (Å²) in [6, 6.07) is 23.9. The largest absolute Gasteiger partial charge is 0.481 e. The maximum atomic E-state index is 14.5. The van der Waals surface area contributed by atoms with Crippen LogP contribution in [0.5, 0.6) is 11.8 Å². The topological polar surface area (TPSA) is 225 Å². The van der Waals surface area contributed by atoms with E-state index < -0.39 is 37.0 Å². The number of halogens is 3. The van der Waals surface area contributed by atoms with Crippen molar-refractivity contribution in [2.45, 2.75) is 75.4 Å². The van der Waals surface area contributed by atoms with Crippen LogP contribution in [-0.4, -0.2) is 62.4 Å². The van der Waals surface area contributed by atoms with Crippen LogP contribution in [0.2, 0.25) is 0 Å². The Kier molecular flexibility index (Phi) is 19.2. The van der Waals surface area contributed by atoms with Gasteiger partial charge in [0.05, 0.1) is 43.6 Å². The summed E-state index contributed by atoms with van der Waals surface area (Å²) in [5.74, 6) is -0.879. The van der Waals surface area contributed by atoms with Crippen molar-refractivity contribution in [3.05, 3.63) is 154 Å². The highest BCUT2D eigenvalue weighted by Gasteiger charge is 2.23. The SMILES string of the molecule is COc1cc(-c2cc(F)cc(C(C)C)c2CC(=O)Cl)ccn1.COc1cc(-c2cc(F)cc(C(C)C)c2CC(=O)NS(=O)(=O)c2cccc(CO)c2)ccn1.NS(=O)(=O)c1cccc(CO)c1. The zero-order valence-corrected chi connectivity index (χ0v) is 39.8. The zero-order valence-electron chi connectivity index (χ0n) is 37.5. The van der Waals surface area contributed by atoms with Crippen molar-refractivity contribution in [3.8, 4) is 34.0 Å². The first-order valence-corrected chi connectivity index (χ1v) is 23.8. The molecule has 356 valence electrons. The maximum absolute atomic E-state index is 14.5. The number of aliphatic hydroxyl groups excluding tert-OH is 2. The van der Waals surface area contributed by atoms with Gasteiger partial charge in [0.2, 0.25) is 32.9 Å². The molecule has 0 unspecified atom stereocenters. The first kappa shape index (κ1) is 53.5. The molecule has 2 aromatic heterocycles. The number of hydrogen-bond donors (Lipinski definition) is 4. The first-order valence-electron chi connectivity index (χ1n) is 20.4. The smallest absolute Gasteiger partial charge is 0.264 e. The molecule has 14 nitrogen and oxygen atoms in total. The molecule has 0 aliphatic heterocycles. The van der Waals surface area contributed by atoms with Crippen molar-refractivity contribution in [2.75, 3.05) is 14.2 Å². The van der Waals surface area contributed by atoms with E-state index in [4.69, 9.17) is 31.3 Å². The van der Waals surface area contributed by atoms with Crippen LogP contribution in [0.4, 0.5) is 8.78 Å². The summed E-state index contributed by atoms with van der Waals surface area (Å²) in [4.78, 5) is 32.3. The van der Waals surface area contributed by atoms with Crippen LogP contribution < -0.4 is 19.3 Å². The second-order valence-corrected chi connectivity index (χ2v) is 19.1. The number of aromatic nitrogens is 2. The van der Waals surface area contributed by atoms with Gasteiger partial charge in [-0.25, -0.2) is 45.4 Å². The average molecular weight is 982 g/mol. The number of benzene rings is 4. The van der Waals surface area contributed by atoms with Gasteiger partial charge in [0.25, 0.3) is 10.0 Å². The van der Waals surface area contributed by atoms with Crippen LogP contribution in [0.3, 0.4) is 0 Å². The molecule has 4 aromatic carbocycles. The fraction of sp³-hybridized carbons (Fsp3) is 0.250. The van der Waals surface area contributed by atoms with E-state index in [1.54, 1.807) is 42.6 Å². The number of primary sulfonamides is 1. The number of sulfonamides is 2. The summed E-state index contributed by atoms with van der Waals surface area (Å²) in [6.07, 6.45) is 2.86. The standard InChI is InChI=1S/C24H25FN2O5S.C17H17ClFNO2.C7H9NO3S/c1-15(2)20-11-18(25)12-21(17-7-8-26-24(10-17)32-3)22(20)13-23(29)27-33(30,31)19-6-4-5-16(9-19)14-28;1-10(2)13-7-12(19)8-14(15(13)9-16(18)21)11-4-5-20-17(6-11)22-3;8-12(10,11)7-3-1-2-6(4-7)5-9/h4-12,15,28H,13-14H2,1-3H3,(H,27,29);4-8,10H,9H2,1-3H3;1-4,9H,5H2,(H2,8,10,11). The van der Waals surface area contributed by atoms with Gasteiger partial charge in [-0.3, -0.25) is 9.59 Å². The number of nitrogens with two attached hydrogens (primary N) is 1. The number of pyridine rings is 2. The predicted molar refractivity (Wildman–Crippen MR) is 250 cm³/mol. The van der Waals surface area contributed by atoms with E-state index in [0.29, 0.717) is 50.7 Å². The lowest BCUT2D eigenvalue weighted by molar-refractivity contribution is -0.118.